The molecule has 4 bridgehead atoms. The van der Waals surface area contributed by atoms with E-state index in [4.69, 9.17) is 9.47 Å². The van der Waals surface area contributed by atoms with Gasteiger partial charge in [-0.3, -0.25) is 9.69 Å². The monoisotopic (exact) mass is 612 g/mol. The summed E-state index contributed by atoms with van der Waals surface area (Å²) in [5.74, 6) is 1.59. The molecule has 6 aliphatic rings. The highest BCUT2D eigenvalue weighted by atomic mass is 16.5. The van der Waals surface area contributed by atoms with E-state index in [1.165, 1.54) is 24.7 Å². The van der Waals surface area contributed by atoms with E-state index in [1.807, 2.05) is 0 Å². The Morgan fingerprint density at radius 2 is 2.00 bits per heavy atom. The summed E-state index contributed by atoms with van der Waals surface area (Å²) >= 11 is 0. The molecule has 7 rings (SSSR count). The summed E-state index contributed by atoms with van der Waals surface area (Å²) < 4.78 is 13.3. The Morgan fingerprint density at radius 3 is 2.69 bits per heavy atom. The first-order valence-electron chi connectivity index (χ1n) is 17.5. The van der Waals surface area contributed by atoms with Crippen molar-refractivity contribution in [3.05, 3.63) is 71.5 Å². The molecule has 3 saturated carbocycles. The van der Waals surface area contributed by atoms with Crippen LogP contribution in [0.1, 0.15) is 58.4 Å². The summed E-state index contributed by atoms with van der Waals surface area (Å²) in [5.41, 5.74) is 1.52. The van der Waals surface area contributed by atoms with Gasteiger partial charge in [0.1, 0.15) is 11.7 Å². The Morgan fingerprint density at radius 1 is 1.20 bits per heavy atom. The van der Waals surface area contributed by atoms with Crippen LogP contribution in [-0.2, 0) is 25.5 Å². The molecule has 45 heavy (non-hydrogen) atoms. The summed E-state index contributed by atoms with van der Waals surface area (Å²) in [6.07, 6.45) is 15.6. The maximum Gasteiger partial charge on any atom is 0.317 e. The summed E-state index contributed by atoms with van der Waals surface area (Å²) in [4.78, 5) is 30.8. The van der Waals surface area contributed by atoms with Crippen molar-refractivity contribution in [3.8, 4) is 0 Å². The molecule has 4 fully saturated rings. The first kappa shape index (κ1) is 30.9. The molecule has 0 spiro atoms. The number of hydrogen-bond donors (Lipinski definition) is 1. The van der Waals surface area contributed by atoms with Gasteiger partial charge in [-0.25, -0.2) is 0 Å². The number of esters is 1. The van der Waals surface area contributed by atoms with E-state index in [9.17, 15) is 9.59 Å². The van der Waals surface area contributed by atoms with Gasteiger partial charge >= 0.3 is 5.97 Å². The minimum absolute atomic E-state index is 0.0240. The van der Waals surface area contributed by atoms with E-state index in [2.05, 4.69) is 92.7 Å². The molecule has 1 aromatic carbocycles. The zero-order valence-corrected chi connectivity index (χ0v) is 27.8. The average Bonchev–Trinajstić information content (AvgIpc) is 3.74. The largest absolute Gasteiger partial charge is 0.468 e. The molecular weight excluding hydrogens is 560 g/mol. The van der Waals surface area contributed by atoms with Crippen molar-refractivity contribution in [1.82, 2.24) is 10.2 Å². The van der Waals surface area contributed by atoms with Crippen LogP contribution in [0.3, 0.4) is 0 Å². The second-order valence-corrected chi connectivity index (χ2v) is 15.6. The summed E-state index contributed by atoms with van der Waals surface area (Å²) in [6.45, 7) is 9.28. The molecular formula is C39H52N2O4. The number of hydrogen-bond acceptors (Lipinski definition) is 6. The SMILES string of the molecule is COC(=O)C12C(C(C)C)=CC3CC1(C=O)[C@@H]1CC[C@@H](C)[C@H]1CC32C1CC(Cc2ccccc2)C(CN(C)CC2=CC=CCN2)O1. The van der Waals surface area contributed by atoms with Crippen LogP contribution in [0.25, 0.3) is 0 Å². The van der Waals surface area contributed by atoms with E-state index in [0.29, 0.717) is 17.8 Å². The fourth-order valence-corrected chi connectivity index (χ4v) is 11.7. The van der Waals surface area contributed by atoms with Gasteiger partial charge in [-0.15, -0.1) is 0 Å². The van der Waals surface area contributed by atoms with Crippen LogP contribution in [0.15, 0.2) is 65.9 Å². The van der Waals surface area contributed by atoms with Gasteiger partial charge < -0.3 is 19.6 Å². The Bertz CT molecular complexity index is 1400. The third-order valence-corrected chi connectivity index (χ3v) is 13.3. The zero-order valence-electron chi connectivity index (χ0n) is 27.8. The molecule has 6 nitrogen and oxygen atoms in total. The number of nitrogens with zero attached hydrogens (tertiary/aromatic N) is 1. The fraction of sp³-hybridized carbons (Fsp3) is 0.641. The standard InChI is InChI=1S/C39H52N2O4/c1-25(2)33-19-29-20-37(24-42)32-15-14-26(3)31(32)21-38(29,39(33,37)36(43)44-5)35-18-28(17-27-11-7-6-8-12-27)34(45-35)23-41(4)22-30-13-9-10-16-40-30/h6-13,19,24-26,28-29,31-32,34-35,40H,14-18,20-23H2,1-5H3/t26-,28?,29?,31-,32-,34?,35?,37?,38?,39?/m1/s1. The van der Waals surface area contributed by atoms with Crippen molar-refractivity contribution in [2.75, 3.05) is 33.8 Å². The molecule has 2 heterocycles. The summed E-state index contributed by atoms with van der Waals surface area (Å²) in [6, 6.07) is 10.8. The van der Waals surface area contributed by atoms with Crippen molar-refractivity contribution < 1.29 is 19.1 Å². The molecule has 10 atom stereocenters. The lowest BCUT2D eigenvalue weighted by Gasteiger charge is -2.60. The van der Waals surface area contributed by atoms with Gasteiger partial charge in [0.15, 0.2) is 0 Å². The highest BCUT2D eigenvalue weighted by Gasteiger charge is 2.86. The molecule has 1 saturated heterocycles. The number of benzene rings is 1. The number of aldehydes is 1. The Hall–Kier alpha value is -2.70. The normalized spacial score (nSPS) is 41.2. The summed E-state index contributed by atoms with van der Waals surface area (Å²) in [7, 11) is 3.72. The predicted molar refractivity (Wildman–Crippen MR) is 176 cm³/mol. The topological polar surface area (TPSA) is 67.9 Å². The first-order valence-corrected chi connectivity index (χ1v) is 17.5. The van der Waals surface area contributed by atoms with Gasteiger partial charge in [-0.1, -0.05) is 81.3 Å². The molecule has 1 N–H and O–H groups in total. The van der Waals surface area contributed by atoms with Crippen molar-refractivity contribution in [2.24, 2.45) is 51.8 Å². The van der Waals surface area contributed by atoms with Crippen molar-refractivity contribution >= 4 is 12.3 Å². The molecule has 7 unspecified atom stereocenters. The van der Waals surface area contributed by atoms with Gasteiger partial charge in [0, 0.05) is 30.7 Å². The summed E-state index contributed by atoms with van der Waals surface area (Å²) in [5, 5.41) is 3.50. The highest BCUT2D eigenvalue weighted by molar-refractivity contribution is 5.91. The van der Waals surface area contributed by atoms with Gasteiger partial charge in [-0.05, 0) is 86.3 Å². The Kier molecular flexibility index (Phi) is 7.92. The Balaban J connectivity index is 1.30. The molecule has 4 aliphatic carbocycles. The van der Waals surface area contributed by atoms with Gasteiger partial charge in [0.25, 0.3) is 0 Å². The lowest BCUT2D eigenvalue weighted by molar-refractivity contribution is -0.200. The van der Waals surface area contributed by atoms with Crippen LogP contribution in [0.5, 0.6) is 0 Å². The second-order valence-electron chi connectivity index (χ2n) is 15.6. The van der Waals surface area contributed by atoms with Crippen molar-refractivity contribution in [3.63, 3.8) is 0 Å². The highest BCUT2D eigenvalue weighted by Crippen LogP contribution is 2.84. The maximum absolute atomic E-state index is 14.7. The third-order valence-electron chi connectivity index (χ3n) is 13.3. The van der Waals surface area contributed by atoms with E-state index in [0.717, 1.165) is 63.7 Å². The molecule has 0 amide bonds. The average molecular weight is 613 g/mol. The van der Waals surface area contributed by atoms with Crippen LogP contribution < -0.4 is 5.32 Å². The molecule has 1 aromatic rings. The van der Waals surface area contributed by atoms with Crippen LogP contribution >= 0.6 is 0 Å². The third kappa shape index (κ3) is 4.34. The number of carbonyl (C=O) groups excluding carboxylic acids is 2. The van der Waals surface area contributed by atoms with Crippen molar-refractivity contribution in [1.29, 1.82) is 0 Å². The number of likely N-dealkylation sites (N-methyl/N-ethyl adjacent to an activating group) is 1. The lowest BCUT2D eigenvalue weighted by Crippen LogP contribution is -2.65. The number of dihydropyridines is 1. The van der Waals surface area contributed by atoms with Crippen LogP contribution in [0.4, 0.5) is 0 Å². The zero-order chi connectivity index (χ0) is 31.6. The smallest absolute Gasteiger partial charge is 0.317 e. The minimum atomic E-state index is -0.966. The number of rotatable bonds is 10. The van der Waals surface area contributed by atoms with E-state index >= 15 is 0 Å². The predicted octanol–water partition coefficient (Wildman–Crippen LogP) is 5.99. The van der Waals surface area contributed by atoms with Crippen LogP contribution in [0.2, 0.25) is 0 Å². The van der Waals surface area contributed by atoms with E-state index < -0.39 is 16.2 Å². The Labute approximate surface area is 269 Å². The van der Waals surface area contributed by atoms with Crippen LogP contribution in [0, 0.1) is 51.8 Å². The van der Waals surface area contributed by atoms with E-state index in [-0.39, 0.29) is 35.9 Å². The van der Waals surface area contributed by atoms with Crippen molar-refractivity contribution in [2.45, 2.75) is 71.5 Å². The van der Waals surface area contributed by atoms with Gasteiger partial charge in [-0.2, -0.15) is 0 Å². The molecule has 0 aromatic heterocycles. The van der Waals surface area contributed by atoms with E-state index in [1.54, 1.807) is 0 Å². The number of fused-ring (bicyclic) bond motifs is 2. The van der Waals surface area contributed by atoms with Gasteiger partial charge in [0.05, 0.1) is 24.7 Å². The quantitative estimate of drug-likeness (QED) is 0.199. The number of methoxy groups -OCH3 is 1. The number of ether oxygens (including phenoxy) is 2. The number of carbonyl (C=O) groups is 2. The molecule has 2 aliphatic heterocycles. The molecule has 242 valence electrons. The molecule has 6 heteroatoms. The first-order chi connectivity index (χ1) is 21.7. The maximum atomic E-state index is 14.7. The number of allylic oxidation sites excluding steroid dienone is 3. The lowest BCUT2D eigenvalue weighted by atomic mass is 9.41. The molecule has 0 radical (unpaired) electrons. The number of nitrogens with one attached hydrogen (secondary N) is 1. The van der Waals surface area contributed by atoms with Crippen LogP contribution in [-0.4, -0.2) is 63.2 Å². The minimum Gasteiger partial charge on any atom is -0.468 e. The fourth-order valence-electron chi connectivity index (χ4n) is 11.7. The second kappa shape index (κ2) is 11.5. The van der Waals surface area contributed by atoms with Gasteiger partial charge in [0.2, 0.25) is 0 Å².